The zero-order chi connectivity index (χ0) is 10.1. The highest BCUT2D eigenvalue weighted by molar-refractivity contribution is 4.69. The van der Waals surface area contributed by atoms with Crippen molar-refractivity contribution >= 4 is 0 Å². The molecule has 3 N–H and O–H groups in total. The van der Waals surface area contributed by atoms with Gasteiger partial charge in [0.05, 0.1) is 19.3 Å². The Morgan fingerprint density at radius 3 is 2.23 bits per heavy atom. The predicted octanol–water partition coefficient (Wildman–Crippen LogP) is 0.898. The van der Waals surface area contributed by atoms with E-state index in [1.807, 2.05) is 0 Å². The number of rotatable bonds is 8. The summed E-state index contributed by atoms with van der Waals surface area (Å²) in [6, 6.07) is 0.229. The quantitative estimate of drug-likeness (QED) is 0.497. The summed E-state index contributed by atoms with van der Waals surface area (Å²) in [5, 5.41) is 20.8. The van der Waals surface area contributed by atoms with Gasteiger partial charge in [-0.15, -0.1) is 0 Å². The van der Waals surface area contributed by atoms with E-state index in [-0.39, 0.29) is 19.3 Å². The van der Waals surface area contributed by atoms with Gasteiger partial charge in [-0.25, -0.2) is 0 Å². The van der Waals surface area contributed by atoms with Crippen LogP contribution in [0.2, 0.25) is 0 Å². The molecular formula is C10H23NO2. The van der Waals surface area contributed by atoms with Crippen LogP contribution in [0.1, 0.15) is 39.5 Å². The number of aliphatic hydroxyl groups excluding tert-OH is 2. The van der Waals surface area contributed by atoms with E-state index < -0.39 is 0 Å². The topological polar surface area (TPSA) is 52.5 Å². The first-order valence-electron chi connectivity index (χ1n) is 5.22. The molecule has 3 nitrogen and oxygen atoms in total. The van der Waals surface area contributed by atoms with Crippen LogP contribution in [0.15, 0.2) is 0 Å². The van der Waals surface area contributed by atoms with Gasteiger partial charge in [-0.3, -0.25) is 0 Å². The van der Waals surface area contributed by atoms with Gasteiger partial charge in [-0.05, 0) is 13.3 Å². The van der Waals surface area contributed by atoms with Gasteiger partial charge >= 0.3 is 0 Å². The molecule has 0 rings (SSSR count). The highest BCUT2D eigenvalue weighted by atomic mass is 16.3. The van der Waals surface area contributed by atoms with Gasteiger partial charge in [0, 0.05) is 6.04 Å². The molecule has 3 heteroatoms. The van der Waals surface area contributed by atoms with Crippen LogP contribution in [-0.2, 0) is 0 Å². The minimum Gasteiger partial charge on any atom is -0.395 e. The molecule has 0 radical (unpaired) electrons. The van der Waals surface area contributed by atoms with E-state index in [2.05, 4.69) is 19.2 Å². The third kappa shape index (κ3) is 6.99. The maximum absolute atomic E-state index is 8.82. The molecule has 80 valence electrons. The standard InChI is InChI=1S/C10H23NO2/c1-3-4-5-6-9(2)11-10(7-12)8-13/h9-13H,3-8H2,1-2H3. The fraction of sp³-hybridized carbons (Fsp3) is 1.00. The molecule has 0 aliphatic heterocycles. The molecule has 0 fully saturated rings. The highest BCUT2D eigenvalue weighted by Gasteiger charge is 2.08. The highest BCUT2D eigenvalue weighted by Crippen LogP contribution is 2.03. The molecule has 0 aromatic rings. The van der Waals surface area contributed by atoms with Crippen LogP contribution in [-0.4, -0.2) is 35.5 Å². The van der Waals surface area contributed by atoms with Gasteiger partial charge in [0.1, 0.15) is 0 Å². The van der Waals surface area contributed by atoms with Crippen molar-refractivity contribution in [1.82, 2.24) is 5.32 Å². The molecule has 0 aliphatic rings. The monoisotopic (exact) mass is 189 g/mol. The van der Waals surface area contributed by atoms with Crippen LogP contribution >= 0.6 is 0 Å². The van der Waals surface area contributed by atoms with E-state index in [0.717, 1.165) is 6.42 Å². The number of aliphatic hydroxyl groups is 2. The molecule has 0 aromatic heterocycles. The lowest BCUT2D eigenvalue weighted by Crippen LogP contribution is -2.41. The summed E-state index contributed by atoms with van der Waals surface area (Å²) in [7, 11) is 0. The Bertz CT molecular complexity index is 105. The fourth-order valence-electron chi connectivity index (χ4n) is 1.35. The molecule has 0 bridgehead atoms. The molecular weight excluding hydrogens is 166 g/mol. The van der Waals surface area contributed by atoms with E-state index in [9.17, 15) is 0 Å². The van der Waals surface area contributed by atoms with Crippen LogP contribution in [0, 0.1) is 0 Å². The lowest BCUT2D eigenvalue weighted by Gasteiger charge is -2.19. The molecule has 13 heavy (non-hydrogen) atoms. The van der Waals surface area contributed by atoms with E-state index in [4.69, 9.17) is 10.2 Å². The zero-order valence-corrected chi connectivity index (χ0v) is 8.79. The maximum atomic E-state index is 8.82. The number of unbranched alkanes of at least 4 members (excludes halogenated alkanes) is 2. The Balaban J connectivity index is 3.42. The number of hydrogen-bond donors (Lipinski definition) is 3. The largest absolute Gasteiger partial charge is 0.395 e. The Morgan fingerprint density at radius 2 is 1.77 bits per heavy atom. The Morgan fingerprint density at radius 1 is 1.15 bits per heavy atom. The van der Waals surface area contributed by atoms with Gasteiger partial charge in [0.2, 0.25) is 0 Å². The predicted molar refractivity (Wildman–Crippen MR) is 54.7 cm³/mol. The molecule has 0 saturated carbocycles. The van der Waals surface area contributed by atoms with Crippen LogP contribution in [0.3, 0.4) is 0 Å². The summed E-state index contributed by atoms with van der Waals surface area (Å²) in [6.45, 7) is 4.29. The fourth-order valence-corrected chi connectivity index (χ4v) is 1.35. The van der Waals surface area contributed by atoms with Crippen molar-refractivity contribution in [2.24, 2.45) is 0 Å². The molecule has 0 saturated heterocycles. The van der Waals surface area contributed by atoms with Gasteiger partial charge < -0.3 is 15.5 Å². The zero-order valence-electron chi connectivity index (χ0n) is 8.79. The maximum Gasteiger partial charge on any atom is 0.0607 e. The first-order chi connectivity index (χ1) is 6.24. The van der Waals surface area contributed by atoms with E-state index in [1.165, 1.54) is 19.3 Å². The molecule has 0 aromatic carbocycles. The first kappa shape index (κ1) is 12.9. The second kappa shape index (κ2) is 8.48. The van der Waals surface area contributed by atoms with E-state index in [1.54, 1.807) is 0 Å². The molecule has 0 aliphatic carbocycles. The summed E-state index contributed by atoms with van der Waals surface area (Å²) in [5.41, 5.74) is 0. The first-order valence-corrected chi connectivity index (χ1v) is 5.22. The molecule has 0 amide bonds. The van der Waals surface area contributed by atoms with Crippen LogP contribution in [0.25, 0.3) is 0 Å². The van der Waals surface area contributed by atoms with Crippen molar-refractivity contribution in [2.45, 2.75) is 51.6 Å². The lowest BCUT2D eigenvalue weighted by molar-refractivity contribution is 0.162. The van der Waals surface area contributed by atoms with Crippen LogP contribution < -0.4 is 5.32 Å². The molecule has 0 spiro atoms. The van der Waals surface area contributed by atoms with Crippen LogP contribution in [0.5, 0.6) is 0 Å². The third-order valence-corrected chi connectivity index (χ3v) is 2.20. The second-order valence-corrected chi connectivity index (χ2v) is 3.63. The van der Waals surface area contributed by atoms with Gasteiger partial charge in [0.25, 0.3) is 0 Å². The van der Waals surface area contributed by atoms with E-state index in [0.29, 0.717) is 6.04 Å². The normalized spacial score (nSPS) is 13.6. The van der Waals surface area contributed by atoms with Gasteiger partial charge in [-0.1, -0.05) is 26.2 Å². The van der Waals surface area contributed by atoms with Crippen molar-refractivity contribution in [3.05, 3.63) is 0 Å². The Kier molecular flexibility index (Phi) is 8.40. The average Bonchev–Trinajstić information content (AvgIpc) is 2.14. The molecule has 1 unspecified atom stereocenters. The smallest absolute Gasteiger partial charge is 0.0607 e. The van der Waals surface area contributed by atoms with Gasteiger partial charge in [0.15, 0.2) is 0 Å². The average molecular weight is 189 g/mol. The summed E-state index contributed by atoms with van der Waals surface area (Å²) in [6.07, 6.45) is 4.82. The molecule has 0 heterocycles. The van der Waals surface area contributed by atoms with Crippen molar-refractivity contribution in [3.8, 4) is 0 Å². The third-order valence-electron chi connectivity index (χ3n) is 2.20. The van der Waals surface area contributed by atoms with Crippen molar-refractivity contribution in [1.29, 1.82) is 0 Å². The van der Waals surface area contributed by atoms with E-state index >= 15 is 0 Å². The minimum absolute atomic E-state index is 0.00855. The SMILES string of the molecule is CCCCCC(C)NC(CO)CO. The van der Waals surface area contributed by atoms with Crippen molar-refractivity contribution in [3.63, 3.8) is 0 Å². The lowest BCUT2D eigenvalue weighted by atomic mass is 10.1. The number of nitrogens with one attached hydrogen (secondary N) is 1. The van der Waals surface area contributed by atoms with Gasteiger partial charge in [-0.2, -0.15) is 0 Å². The summed E-state index contributed by atoms with van der Waals surface area (Å²) in [5.74, 6) is 0. The second-order valence-electron chi connectivity index (χ2n) is 3.63. The molecule has 1 atom stereocenters. The van der Waals surface area contributed by atoms with Crippen molar-refractivity contribution in [2.75, 3.05) is 13.2 Å². The Labute approximate surface area is 81.2 Å². The summed E-state index contributed by atoms with van der Waals surface area (Å²) >= 11 is 0. The Hall–Kier alpha value is -0.120. The summed E-state index contributed by atoms with van der Waals surface area (Å²) in [4.78, 5) is 0. The minimum atomic E-state index is -0.156. The van der Waals surface area contributed by atoms with Crippen LogP contribution in [0.4, 0.5) is 0 Å². The van der Waals surface area contributed by atoms with Crippen molar-refractivity contribution < 1.29 is 10.2 Å². The summed E-state index contributed by atoms with van der Waals surface area (Å²) < 4.78 is 0. The number of hydrogen-bond acceptors (Lipinski definition) is 3.